The van der Waals surface area contributed by atoms with Crippen LogP contribution in [0.5, 0.6) is 0 Å². The van der Waals surface area contributed by atoms with Crippen LogP contribution in [-0.4, -0.2) is 25.9 Å². The summed E-state index contributed by atoms with van der Waals surface area (Å²) in [5.41, 5.74) is 6.72. The molecule has 4 rings (SSSR count). The molecule has 0 radical (unpaired) electrons. The molecule has 4 aromatic rings. The third kappa shape index (κ3) is 4.55. The number of nitrogens with one attached hydrogen (secondary N) is 2. The maximum atomic E-state index is 5.34. The Balaban J connectivity index is 1.54. The molecule has 0 aliphatic heterocycles. The van der Waals surface area contributed by atoms with Gasteiger partial charge in [-0.3, -0.25) is 5.43 Å². The highest BCUT2D eigenvalue weighted by molar-refractivity contribution is 7.80. The van der Waals surface area contributed by atoms with Crippen molar-refractivity contribution in [2.45, 2.75) is 26.3 Å². The van der Waals surface area contributed by atoms with Crippen LogP contribution < -0.4 is 10.7 Å². The maximum Gasteiger partial charge on any atom is 0.213 e. The largest absolute Gasteiger partial charge is 0.357 e. The molecule has 0 atom stereocenters. The second-order valence-electron chi connectivity index (χ2n) is 7.04. The van der Waals surface area contributed by atoms with Gasteiger partial charge in [-0.25, -0.2) is 9.50 Å². The fourth-order valence-electron chi connectivity index (χ4n) is 2.91. The summed E-state index contributed by atoms with van der Waals surface area (Å²) >= 11 is 6.94. The summed E-state index contributed by atoms with van der Waals surface area (Å²) in [5.74, 6) is 0.342. The van der Waals surface area contributed by atoms with Crippen LogP contribution in [0.1, 0.15) is 36.0 Å². The molecule has 0 unspecified atom stereocenters. The van der Waals surface area contributed by atoms with Crippen molar-refractivity contribution < 1.29 is 0 Å². The van der Waals surface area contributed by atoms with Gasteiger partial charge < -0.3 is 5.32 Å². The molecule has 6 nitrogen and oxygen atoms in total. The zero-order valence-electron chi connectivity index (χ0n) is 16.7. The first-order chi connectivity index (χ1) is 14.6. The first kappa shape index (κ1) is 20.2. The Hall–Kier alpha value is -3.10. The monoisotopic (exact) mass is 434 g/mol. The van der Waals surface area contributed by atoms with Gasteiger partial charge in [-0.2, -0.15) is 10.2 Å². The van der Waals surface area contributed by atoms with E-state index >= 15 is 0 Å². The minimum Gasteiger partial charge on any atom is -0.357 e. The molecule has 152 valence electrons. The molecule has 0 bridgehead atoms. The topological polar surface area (TPSA) is 66.6 Å². The van der Waals surface area contributed by atoms with Crippen LogP contribution in [-0.2, 0) is 6.54 Å². The summed E-state index contributed by atoms with van der Waals surface area (Å²) in [7, 11) is 0. The van der Waals surface area contributed by atoms with Gasteiger partial charge in [0.1, 0.15) is 16.4 Å². The third-order valence-electron chi connectivity index (χ3n) is 4.44. The van der Waals surface area contributed by atoms with Crippen LogP contribution >= 0.6 is 23.6 Å². The fourth-order valence-corrected chi connectivity index (χ4v) is 3.94. The number of hydrogen-bond donors (Lipinski definition) is 2. The van der Waals surface area contributed by atoms with Gasteiger partial charge in [0.2, 0.25) is 4.96 Å². The second kappa shape index (κ2) is 9.15. The molecule has 2 N–H and O–H groups in total. The van der Waals surface area contributed by atoms with E-state index in [2.05, 4.69) is 29.7 Å². The number of nitrogens with zero attached hydrogens (tertiary/aromatic N) is 4. The number of rotatable bonds is 6. The molecule has 0 aliphatic rings. The summed E-state index contributed by atoms with van der Waals surface area (Å²) < 4.78 is 1.86. The Bertz CT molecular complexity index is 1160. The number of benzene rings is 2. The molecule has 30 heavy (non-hydrogen) atoms. The molecular weight excluding hydrogens is 412 g/mol. The van der Waals surface area contributed by atoms with Gasteiger partial charge in [-0.1, -0.05) is 85.8 Å². The van der Waals surface area contributed by atoms with Crippen molar-refractivity contribution in [3.8, 4) is 11.3 Å². The van der Waals surface area contributed by atoms with Crippen LogP contribution in [0.15, 0.2) is 65.8 Å². The Morgan fingerprint density at radius 1 is 1.13 bits per heavy atom. The Morgan fingerprint density at radius 3 is 2.53 bits per heavy atom. The predicted octanol–water partition coefficient (Wildman–Crippen LogP) is 4.58. The van der Waals surface area contributed by atoms with Crippen LogP contribution in [0, 0.1) is 0 Å². The van der Waals surface area contributed by atoms with Gasteiger partial charge >= 0.3 is 0 Å². The molecule has 0 saturated carbocycles. The number of fused-ring (bicyclic) bond motifs is 1. The standard InChI is InChI=1S/C22H22N6S2/c1-15(2)20-27-28-18(19(25-22(28)30-20)17-11-7-4-8-12-17)14-24-26-21(29)23-13-16-9-5-3-6-10-16/h3-12,14-15H,13H2,1-2H3,(H2,23,26,29)/b24-14-. The average molecular weight is 435 g/mol. The van der Waals surface area contributed by atoms with Gasteiger partial charge in [0, 0.05) is 18.0 Å². The van der Waals surface area contributed by atoms with Gasteiger partial charge in [-0.15, -0.1) is 0 Å². The highest BCUT2D eigenvalue weighted by Crippen LogP contribution is 2.28. The maximum absolute atomic E-state index is 5.34. The highest BCUT2D eigenvalue weighted by atomic mass is 32.1. The normalized spacial score (nSPS) is 11.4. The molecule has 2 aromatic heterocycles. The summed E-state index contributed by atoms with van der Waals surface area (Å²) in [6.45, 7) is 4.89. The molecule has 0 aliphatic carbocycles. The second-order valence-corrected chi connectivity index (χ2v) is 8.44. The molecule has 0 spiro atoms. The van der Waals surface area contributed by atoms with Gasteiger partial charge in [-0.05, 0) is 17.8 Å². The summed E-state index contributed by atoms with van der Waals surface area (Å²) in [5, 5.41) is 13.7. The van der Waals surface area contributed by atoms with Crippen molar-refractivity contribution in [1.29, 1.82) is 0 Å². The molecular formula is C22H22N6S2. The zero-order chi connectivity index (χ0) is 20.9. The number of hydrogen-bond acceptors (Lipinski definition) is 5. The Kier molecular flexibility index (Phi) is 6.15. The Labute approximate surface area is 184 Å². The van der Waals surface area contributed by atoms with E-state index in [0.29, 0.717) is 17.6 Å². The van der Waals surface area contributed by atoms with Gasteiger partial charge in [0.25, 0.3) is 0 Å². The lowest BCUT2D eigenvalue weighted by atomic mass is 10.1. The van der Waals surface area contributed by atoms with Crippen LogP contribution in [0.4, 0.5) is 0 Å². The van der Waals surface area contributed by atoms with E-state index in [1.54, 1.807) is 17.6 Å². The number of aromatic nitrogens is 3. The quantitative estimate of drug-likeness (QED) is 0.264. The van der Waals surface area contributed by atoms with E-state index in [1.165, 1.54) is 0 Å². The van der Waals surface area contributed by atoms with E-state index in [-0.39, 0.29) is 0 Å². The van der Waals surface area contributed by atoms with Gasteiger partial charge in [0.05, 0.1) is 6.21 Å². The van der Waals surface area contributed by atoms with Crippen molar-refractivity contribution in [2.75, 3.05) is 0 Å². The summed E-state index contributed by atoms with van der Waals surface area (Å²) in [6.07, 6.45) is 1.72. The number of hydrazone groups is 1. The minimum atomic E-state index is 0.342. The smallest absolute Gasteiger partial charge is 0.213 e. The fraction of sp³-hybridized carbons (Fsp3) is 0.182. The minimum absolute atomic E-state index is 0.342. The SMILES string of the molecule is CC(C)c1nn2c(/C=N\NC(=S)NCc3ccccc3)c(-c3ccccc3)nc2s1. The third-order valence-corrected chi connectivity index (χ3v) is 5.89. The lowest BCUT2D eigenvalue weighted by Gasteiger charge is -2.06. The lowest BCUT2D eigenvalue weighted by Crippen LogP contribution is -2.31. The number of thiocarbonyl (C=S) groups is 1. The zero-order valence-corrected chi connectivity index (χ0v) is 18.4. The molecule has 8 heteroatoms. The van der Waals surface area contributed by atoms with E-state index in [0.717, 1.165) is 32.5 Å². The van der Waals surface area contributed by atoms with Crippen molar-refractivity contribution in [3.63, 3.8) is 0 Å². The van der Waals surface area contributed by atoms with Crippen molar-refractivity contribution in [2.24, 2.45) is 5.10 Å². The lowest BCUT2D eigenvalue weighted by molar-refractivity contribution is 0.800. The predicted molar refractivity (Wildman–Crippen MR) is 127 cm³/mol. The van der Waals surface area contributed by atoms with E-state index in [1.807, 2.05) is 65.2 Å². The molecule has 0 amide bonds. The van der Waals surface area contributed by atoms with Crippen molar-refractivity contribution in [1.82, 2.24) is 25.3 Å². The molecule has 2 heterocycles. The van der Waals surface area contributed by atoms with Crippen LogP contribution in [0.2, 0.25) is 0 Å². The number of imidazole rings is 1. The van der Waals surface area contributed by atoms with Crippen LogP contribution in [0.25, 0.3) is 16.2 Å². The molecule has 0 saturated heterocycles. The van der Waals surface area contributed by atoms with Crippen LogP contribution in [0.3, 0.4) is 0 Å². The van der Waals surface area contributed by atoms with E-state index in [4.69, 9.17) is 22.3 Å². The van der Waals surface area contributed by atoms with E-state index in [9.17, 15) is 0 Å². The molecule has 2 aromatic carbocycles. The first-order valence-electron chi connectivity index (χ1n) is 9.67. The molecule has 0 fully saturated rings. The van der Waals surface area contributed by atoms with E-state index < -0.39 is 0 Å². The van der Waals surface area contributed by atoms with Crippen molar-refractivity contribution in [3.05, 3.63) is 76.9 Å². The summed E-state index contributed by atoms with van der Waals surface area (Å²) in [4.78, 5) is 5.66. The Morgan fingerprint density at radius 2 is 1.83 bits per heavy atom. The van der Waals surface area contributed by atoms with Crippen molar-refractivity contribution >= 4 is 39.8 Å². The highest BCUT2D eigenvalue weighted by Gasteiger charge is 2.17. The summed E-state index contributed by atoms with van der Waals surface area (Å²) in [6, 6.07) is 20.1. The average Bonchev–Trinajstić information content (AvgIpc) is 3.33. The van der Waals surface area contributed by atoms with Gasteiger partial charge in [0.15, 0.2) is 5.11 Å². The first-order valence-corrected chi connectivity index (χ1v) is 10.9.